The lowest BCUT2D eigenvalue weighted by Gasteiger charge is -2.33. The molecule has 0 aliphatic carbocycles. The summed E-state index contributed by atoms with van der Waals surface area (Å²) < 4.78 is 44.9. The van der Waals surface area contributed by atoms with Crippen LogP contribution >= 0.6 is 12.4 Å². The lowest BCUT2D eigenvalue weighted by Crippen LogP contribution is -2.48. The Morgan fingerprint density at radius 2 is 1.83 bits per heavy atom. The number of hydrogen-bond donors (Lipinski definition) is 0. The lowest BCUT2D eigenvalue weighted by molar-refractivity contribution is 0.171. The van der Waals surface area contributed by atoms with Gasteiger partial charge in [0.1, 0.15) is 11.6 Å². The molecule has 1 fully saturated rings. The summed E-state index contributed by atoms with van der Waals surface area (Å²) in [6.07, 6.45) is 1.62. The van der Waals surface area contributed by atoms with Crippen LogP contribution in [-0.2, 0) is 16.6 Å². The van der Waals surface area contributed by atoms with Gasteiger partial charge < -0.3 is 4.42 Å². The van der Waals surface area contributed by atoms with Gasteiger partial charge in [0, 0.05) is 26.2 Å². The zero-order valence-electron chi connectivity index (χ0n) is 12.4. The molecule has 0 amide bonds. The van der Waals surface area contributed by atoms with E-state index in [4.69, 9.17) is 4.42 Å². The minimum Gasteiger partial charge on any atom is -0.468 e. The van der Waals surface area contributed by atoms with Crippen molar-refractivity contribution in [2.45, 2.75) is 11.4 Å². The van der Waals surface area contributed by atoms with Crippen molar-refractivity contribution < 1.29 is 17.2 Å². The van der Waals surface area contributed by atoms with Crippen molar-refractivity contribution >= 4 is 22.4 Å². The first-order chi connectivity index (χ1) is 10.6. The first-order valence-corrected chi connectivity index (χ1v) is 8.50. The van der Waals surface area contributed by atoms with Crippen molar-refractivity contribution in [3.05, 3.63) is 54.2 Å². The third-order valence-electron chi connectivity index (χ3n) is 3.72. The number of piperazine rings is 1. The molecule has 1 aromatic heterocycles. The molecule has 1 saturated heterocycles. The van der Waals surface area contributed by atoms with Crippen LogP contribution < -0.4 is 0 Å². The predicted octanol–water partition coefficient (Wildman–Crippen LogP) is 2.35. The van der Waals surface area contributed by atoms with Crippen LogP contribution in [0.2, 0.25) is 0 Å². The average Bonchev–Trinajstić information content (AvgIpc) is 3.01. The van der Waals surface area contributed by atoms with E-state index in [9.17, 15) is 12.8 Å². The van der Waals surface area contributed by atoms with Crippen LogP contribution in [0.1, 0.15) is 5.76 Å². The Morgan fingerprint density at radius 1 is 1.09 bits per heavy atom. The van der Waals surface area contributed by atoms with E-state index in [0.717, 1.165) is 11.8 Å². The van der Waals surface area contributed by atoms with Crippen LogP contribution in [0.15, 0.2) is 52.0 Å². The van der Waals surface area contributed by atoms with Crippen LogP contribution in [-0.4, -0.2) is 43.8 Å². The van der Waals surface area contributed by atoms with Gasteiger partial charge in [-0.3, -0.25) is 4.90 Å². The minimum atomic E-state index is -3.63. The highest BCUT2D eigenvalue weighted by atomic mass is 35.5. The smallest absolute Gasteiger partial charge is 0.243 e. The topological polar surface area (TPSA) is 53.8 Å². The number of benzene rings is 1. The molecule has 126 valence electrons. The maximum Gasteiger partial charge on any atom is 0.243 e. The number of hydrogen-bond acceptors (Lipinski definition) is 4. The molecule has 1 aliphatic rings. The van der Waals surface area contributed by atoms with Crippen molar-refractivity contribution in [2.24, 2.45) is 0 Å². The maximum absolute atomic E-state index is 13.2. The summed E-state index contributed by atoms with van der Waals surface area (Å²) >= 11 is 0. The van der Waals surface area contributed by atoms with Crippen molar-refractivity contribution in [3.8, 4) is 0 Å². The molecule has 1 aromatic carbocycles. The third-order valence-corrected chi connectivity index (χ3v) is 5.62. The van der Waals surface area contributed by atoms with Crippen molar-refractivity contribution in [3.63, 3.8) is 0 Å². The summed E-state index contributed by atoms with van der Waals surface area (Å²) in [6, 6.07) is 8.86. The fourth-order valence-corrected chi connectivity index (χ4v) is 3.98. The highest BCUT2D eigenvalue weighted by Crippen LogP contribution is 2.19. The second-order valence-electron chi connectivity index (χ2n) is 5.22. The zero-order valence-corrected chi connectivity index (χ0v) is 14.0. The Bertz CT molecular complexity index is 729. The van der Waals surface area contributed by atoms with Gasteiger partial charge in [0.05, 0.1) is 17.7 Å². The van der Waals surface area contributed by atoms with Gasteiger partial charge in [-0.05, 0) is 30.3 Å². The summed E-state index contributed by atoms with van der Waals surface area (Å²) in [5, 5.41) is 0. The van der Waals surface area contributed by atoms with Gasteiger partial charge in [-0.15, -0.1) is 12.4 Å². The molecule has 0 bridgehead atoms. The summed E-state index contributed by atoms with van der Waals surface area (Å²) in [5.41, 5.74) is 0. The molecule has 2 heterocycles. The van der Waals surface area contributed by atoms with Crippen molar-refractivity contribution in [1.82, 2.24) is 9.21 Å². The molecule has 2 aromatic rings. The molecule has 23 heavy (non-hydrogen) atoms. The zero-order chi connectivity index (χ0) is 15.6. The van der Waals surface area contributed by atoms with Crippen LogP contribution in [0.4, 0.5) is 4.39 Å². The molecule has 3 rings (SSSR count). The number of sulfonamides is 1. The van der Waals surface area contributed by atoms with Crippen LogP contribution in [0.3, 0.4) is 0 Å². The number of nitrogens with zero attached hydrogens (tertiary/aromatic N) is 2. The maximum atomic E-state index is 13.2. The minimum absolute atomic E-state index is 0. The first kappa shape index (κ1) is 17.9. The Kier molecular flexibility index (Phi) is 5.80. The largest absolute Gasteiger partial charge is 0.468 e. The molecule has 0 N–H and O–H groups in total. The normalized spacial score (nSPS) is 16.9. The third kappa shape index (κ3) is 4.11. The van der Waals surface area contributed by atoms with E-state index in [2.05, 4.69) is 4.90 Å². The summed E-state index contributed by atoms with van der Waals surface area (Å²) in [7, 11) is -3.63. The summed E-state index contributed by atoms with van der Waals surface area (Å²) in [5.74, 6) is 0.318. The SMILES string of the molecule is Cl.O=S(=O)(c1cccc(F)c1)N1CCN(Cc2ccco2)CC1. The highest BCUT2D eigenvalue weighted by molar-refractivity contribution is 7.89. The van der Waals surface area contributed by atoms with Gasteiger partial charge >= 0.3 is 0 Å². The van der Waals surface area contributed by atoms with Gasteiger partial charge in [-0.1, -0.05) is 6.07 Å². The van der Waals surface area contributed by atoms with Crippen molar-refractivity contribution in [2.75, 3.05) is 26.2 Å². The van der Waals surface area contributed by atoms with Crippen LogP contribution in [0, 0.1) is 5.82 Å². The second-order valence-corrected chi connectivity index (χ2v) is 7.15. The Labute approximate surface area is 141 Å². The fourth-order valence-electron chi connectivity index (χ4n) is 2.53. The predicted molar refractivity (Wildman–Crippen MR) is 86.4 cm³/mol. The van der Waals surface area contributed by atoms with E-state index in [1.54, 1.807) is 6.26 Å². The van der Waals surface area contributed by atoms with E-state index >= 15 is 0 Å². The molecule has 0 radical (unpaired) electrons. The van der Waals surface area contributed by atoms with Crippen LogP contribution in [0.5, 0.6) is 0 Å². The van der Waals surface area contributed by atoms with Gasteiger partial charge in [-0.25, -0.2) is 12.8 Å². The molecule has 0 saturated carbocycles. The molecule has 8 heteroatoms. The van der Waals surface area contributed by atoms with Gasteiger partial charge in [-0.2, -0.15) is 4.31 Å². The fraction of sp³-hybridized carbons (Fsp3) is 0.333. The number of halogens is 2. The standard InChI is InChI=1S/C15H17FN2O3S.ClH/c16-13-3-1-5-15(11-13)22(19,20)18-8-6-17(7-9-18)12-14-4-2-10-21-14;/h1-5,10-11H,6-9,12H2;1H. The molecule has 5 nitrogen and oxygen atoms in total. The quantitative estimate of drug-likeness (QED) is 0.839. The van der Waals surface area contributed by atoms with E-state index in [1.165, 1.54) is 22.5 Å². The average molecular weight is 361 g/mol. The number of furan rings is 1. The van der Waals surface area contributed by atoms with Gasteiger partial charge in [0.2, 0.25) is 10.0 Å². The number of rotatable bonds is 4. The second kappa shape index (κ2) is 7.44. The molecule has 0 unspecified atom stereocenters. The molecular formula is C15H18ClFN2O3S. The van der Waals surface area contributed by atoms with E-state index in [0.29, 0.717) is 32.7 Å². The molecular weight excluding hydrogens is 343 g/mol. The van der Waals surface area contributed by atoms with E-state index in [-0.39, 0.29) is 17.3 Å². The van der Waals surface area contributed by atoms with Crippen LogP contribution in [0.25, 0.3) is 0 Å². The summed E-state index contributed by atoms with van der Waals surface area (Å²) in [4.78, 5) is 2.14. The molecule has 0 atom stereocenters. The Balaban J connectivity index is 0.00000192. The highest BCUT2D eigenvalue weighted by Gasteiger charge is 2.28. The van der Waals surface area contributed by atoms with Gasteiger partial charge in [0.25, 0.3) is 0 Å². The lowest BCUT2D eigenvalue weighted by atomic mass is 10.3. The van der Waals surface area contributed by atoms with Crippen molar-refractivity contribution in [1.29, 1.82) is 0 Å². The molecule has 1 aliphatic heterocycles. The summed E-state index contributed by atoms with van der Waals surface area (Å²) in [6.45, 7) is 2.68. The van der Waals surface area contributed by atoms with E-state index in [1.807, 2.05) is 12.1 Å². The monoisotopic (exact) mass is 360 g/mol. The first-order valence-electron chi connectivity index (χ1n) is 7.06. The Hall–Kier alpha value is -1.41. The van der Waals surface area contributed by atoms with Gasteiger partial charge in [0.15, 0.2) is 0 Å². The van der Waals surface area contributed by atoms with E-state index < -0.39 is 15.8 Å². The Morgan fingerprint density at radius 3 is 2.43 bits per heavy atom. The molecule has 0 spiro atoms.